The Balaban J connectivity index is 1.78. The topological polar surface area (TPSA) is 66.4 Å². The molecule has 1 amide bonds. The lowest BCUT2D eigenvalue weighted by Gasteiger charge is -2.17. The second kappa shape index (κ2) is 8.49. The molecule has 4 heteroatoms. The maximum atomic E-state index is 12.9. The fraction of sp³-hybridized carbons (Fsp3) is 0.217. The molecule has 0 radical (unpaired) electrons. The number of rotatable bonds is 7. The molecule has 1 atom stereocenters. The SMILES string of the molecule is CC(C(=O)Nc1ccccc1CCCC(=O)O)c1cccc2ccccc12. The molecule has 0 aliphatic rings. The first-order valence-electron chi connectivity index (χ1n) is 9.14. The third kappa shape index (κ3) is 4.53. The van der Waals surface area contributed by atoms with Crippen molar-refractivity contribution in [2.24, 2.45) is 0 Å². The van der Waals surface area contributed by atoms with Gasteiger partial charge in [0.15, 0.2) is 0 Å². The number of nitrogens with one attached hydrogen (secondary N) is 1. The zero-order chi connectivity index (χ0) is 19.2. The molecule has 0 saturated carbocycles. The van der Waals surface area contributed by atoms with Crippen molar-refractivity contribution in [3.8, 4) is 0 Å². The van der Waals surface area contributed by atoms with Crippen molar-refractivity contribution >= 4 is 28.3 Å². The average molecular weight is 361 g/mol. The number of para-hydroxylation sites is 1. The number of fused-ring (bicyclic) bond motifs is 1. The highest BCUT2D eigenvalue weighted by Crippen LogP contribution is 2.27. The highest BCUT2D eigenvalue weighted by Gasteiger charge is 2.18. The summed E-state index contributed by atoms with van der Waals surface area (Å²) >= 11 is 0. The molecule has 0 fully saturated rings. The van der Waals surface area contributed by atoms with E-state index in [-0.39, 0.29) is 18.2 Å². The van der Waals surface area contributed by atoms with Crippen LogP contribution in [0.25, 0.3) is 10.8 Å². The smallest absolute Gasteiger partial charge is 0.303 e. The van der Waals surface area contributed by atoms with Crippen molar-refractivity contribution in [1.29, 1.82) is 0 Å². The second-order valence-electron chi connectivity index (χ2n) is 6.68. The van der Waals surface area contributed by atoms with Gasteiger partial charge in [-0.1, -0.05) is 60.7 Å². The number of carbonyl (C=O) groups is 2. The molecule has 0 aromatic heterocycles. The molecule has 3 aromatic carbocycles. The van der Waals surface area contributed by atoms with Gasteiger partial charge in [-0.25, -0.2) is 0 Å². The highest BCUT2D eigenvalue weighted by atomic mass is 16.4. The number of hydrogen-bond donors (Lipinski definition) is 2. The molecule has 3 rings (SSSR count). The van der Waals surface area contributed by atoms with Crippen LogP contribution < -0.4 is 5.32 Å². The molecule has 0 bridgehead atoms. The van der Waals surface area contributed by atoms with Gasteiger partial charge in [0.25, 0.3) is 0 Å². The van der Waals surface area contributed by atoms with Crippen LogP contribution in [0.2, 0.25) is 0 Å². The summed E-state index contributed by atoms with van der Waals surface area (Å²) in [6, 6.07) is 21.6. The van der Waals surface area contributed by atoms with Gasteiger partial charge in [-0.2, -0.15) is 0 Å². The second-order valence-corrected chi connectivity index (χ2v) is 6.68. The zero-order valence-electron chi connectivity index (χ0n) is 15.3. The third-order valence-corrected chi connectivity index (χ3v) is 4.80. The summed E-state index contributed by atoms with van der Waals surface area (Å²) in [5, 5.41) is 14.0. The molecule has 0 aliphatic carbocycles. The van der Waals surface area contributed by atoms with E-state index < -0.39 is 5.97 Å². The van der Waals surface area contributed by atoms with Crippen molar-refractivity contribution in [1.82, 2.24) is 0 Å². The Morgan fingerprint density at radius 3 is 2.48 bits per heavy atom. The van der Waals surface area contributed by atoms with Crippen LogP contribution in [0.1, 0.15) is 36.8 Å². The summed E-state index contributed by atoms with van der Waals surface area (Å²) < 4.78 is 0. The van der Waals surface area contributed by atoms with E-state index in [0.717, 1.165) is 27.6 Å². The van der Waals surface area contributed by atoms with Crippen molar-refractivity contribution in [2.45, 2.75) is 32.1 Å². The first kappa shape index (κ1) is 18.6. The van der Waals surface area contributed by atoms with E-state index in [9.17, 15) is 9.59 Å². The Labute approximate surface area is 158 Å². The number of carboxylic acid groups (broad SMARTS) is 1. The summed E-state index contributed by atoms with van der Waals surface area (Å²) in [6.07, 6.45) is 1.28. The summed E-state index contributed by atoms with van der Waals surface area (Å²) in [6.45, 7) is 1.91. The number of carbonyl (C=O) groups excluding carboxylic acids is 1. The molecular weight excluding hydrogens is 338 g/mol. The zero-order valence-corrected chi connectivity index (χ0v) is 15.3. The Bertz CT molecular complexity index is 959. The van der Waals surface area contributed by atoms with Crippen LogP contribution in [0, 0.1) is 0 Å². The van der Waals surface area contributed by atoms with Gasteiger partial charge in [-0.3, -0.25) is 9.59 Å². The fourth-order valence-corrected chi connectivity index (χ4v) is 3.30. The average Bonchev–Trinajstić information content (AvgIpc) is 2.68. The van der Waals surface area contributed by atoms with E-state index in [2.05, 4.69) is 5.32 Å². The molecule has 1 unspecified atom stereocenters. The Hall–Kier alpha value is -3.14. The number of benzene rings is 3. The molecule has 2 N–H and O–H groups in total. The predicted molar refractivity (Wildman–Crippen MR) is 108 cm³/mol. The molecule has 0 spiro atoms. The van der Waals surface area contributed by atoms with Crippen molar-refractivity contribution < 1.29 is 14.7 Å². The predicted octanol–water partition coefficient (Wildman–Crippen LogP) is 4.99. The minimum absolute atomic E-state index is 0.0722. The van der Waals surface area contributed by atoms with E-state index >= 15 is 0 Å². The minimum atomic E-state index is -0.805. The van der Waals surface area contributed by atoms with Gasteiger partial charge in [0.05, 0.1) is 5.92 Å². The van der Waals surface area contributed by atoms with Crippen molar-refractivity contribution in [3.63, 3.8) is 0 Å². The van der Waals surface area contributed by atoms with Gasteiger partial charge in [0.1, 0.15) is 0 Å². The number of carboxylic acids is 1. The normalized spacial score (nSPS) is 11.9. The van der Waals surface area contributed by atoms with Crippen LogP contribution >= 0.6 is 0 Å². The third-order valence-electron chi connectivity index (χ3n) is 4.80. The van der Waals surface area contributed by atoms with Crippen LogP contribution in [-0.2, 0) is 16.0 Å². The van der Waals surface area contributed by atoms with E-state index in [1.165, 1.54) is 0 Å². The molecule has 0 saturated heterocycles. The lowest BCUT2D eigenvalue weighted by Crippen LogP contribution is -2.20. The van der Waals surface area contributed by atoms with Crippen LogP contribution in [0.4, 0.5) is 5.69 Å². The number of aryl methyl sites for hydroxylation is 1. The maximum absolute atomic E-state index is 12.9. The van der Waals surface area contributed by atoms with Gasteiger partial charge in [0, 0.05) is 12.1 Å². The Morgan fingerprint density at radius 1 is 0.963 bits per heavy atom. The van der Waals surface area contributed by atoms with Gasteiger partial charge in [-0.05, 0) is 47.7 Å². The number of amides is 1. The molecule has 138 valence electrons. The van der Waals surface area contributed by atoms with Gasteiger partial charge in [0.2, 0.25) is 5.91 Å². The summed E-state index contributed by atoms with van der Waals surface area (Å²) in [7, 11) is 0. The standard InChI is InChI=1S/C23H23NO3/c1-16(19-13-6-10-17-8-2-4-12-20(17)19)23(27)24-21-14-5-3-9-18(21)11-7-15-22(25)26/h2-6,8-10,12-14,16H,7,11,15H2,1H3,(H,24,27)(H,25,26). The fourth-order valence-electron chi connectivity index (χ4n) is 3.30. The lowest BCUT2D eigenvalue weighted by atomic mass is 9.94. The van der Waals surface area contributed by atoms with Gasteiger partial charge in [-0.15, -0.1) is 0 Å². The van der Waals surface area contributed by atoms with Crippen LogP contribution in [0.3, 0.4) is 0 Å². The quantitative estimate of drug-likeness (QED) is 0.623. The first-order chi connectivity index (χ1) is 13.1. The molecule has 4 nitrogen and oxygen atoms in total. The summed E-state index contributed by atoms with van der Waals surface area (Å²) in [5.74, 6) is -1.18. The van der Waals surface area contributed by atoms with Crippen LogP contribution in [-0.4, -0.2) is 17.0 Å². The minimum Gasteiger partial charge on any atom is -0.481 e. The van der Waals surface area contributed by atoms with Gasteiger partial charge >= 0.3 is 5.97 Å². The maximum Gasteiger partial charge on any atom is 0.303 e. The largest absolute Gasteiger partial charge is 0.481 e. The van der Waals surface area contributed by atoms with Crippen LogP contribution in [0.5, 0.6) is 0 Å². The van der Waals surface area contributed by atoms with Crippen molar-refractivity contribution in [2.75, 3.05) is 5.32 Å². The molecule has 0 heterocycles. The molecule has 27 heavy (non-hydrogen) atoms. The summed E-state index contributed by atoms with van der Waals surface area (Å²) in [5.41, 5.74) is 2.70. The molecule has 3 aromatic rings. The van der Waals surface area contributed by atoms with Crippen LogP contribution in [0.15, 0.2) is 66.7 Å². The van der Waals surface area contributed by atoms with E-state index in [0.29, 0.717) is 12.8 Å². The molecule has 0 aliphatic heterocycles. The first-order valence-corrected chi connectivity index (χ1v) is 9.14. The number of anilines is 1. The monoisotopic (exact) mass is 361 g/mol. The Kier molecular flexibility index (Phi) is 5.87. The highest BCUT2D eigenvalue weighted by molar-refractivity contribution is 5.99. The summed E-state index contributed by atoms with van der Waals surface area (Å²) in [4.78, 5) is 23.6. The van der Waals surface area contributed by atoms with Crippen molar-refractivity contribution in [3.05, 3.63) is 77.9 Å². The van der Waals surface area contributed by atoms with E-state index in [1.807, 2.05) is 73.7 Å². The lowest BCUT2D eigenvalue weighted by molar-refractivity contribution is -0.137. The van der Waals surface area contributed by atoms with Gasteiger partial charge < -0.3 is 10.4 Å². The number of hydrogen-bond acceptors (Lipinski definition) is 2. The van der Waals surface area contributed by atoms with E-state index in [4.69, 9.17) is 5.11 Å². The number of aliphatic carboxylic acids is 1. The molecular formula is C23H23NO3. The van der Waals surface area contributed by atoms with E-state index in [1.54, 1.807) is 0 Å². The Morgan fingerprint density at radius 2 is 1.67 bits per heavy atom.